The second-order valence-electron chi connectivity index (χ2n) is 6.09. The van der Waals surface area contributed by atoms with Crippen LogP contribution in [0, 0.1) is 10.1 Å². The highest BCUT2D eigenvalue weighted by Gasteiger charge is 2.18. The molecule has 6 nitrogen and oxygen atoms in total. The molecule has 114 valence electrons. The summed E-state index contributed by atoms with van der Waals surface area (Å²) in [5, 5.41) is 11.5. The van der Waals surface area contributed by atoms with E-state index in [0.717, 1.165) is 6.04 Å². The van der Waals surface area contributed by atoms with Crippen molar-refractivity contribution in [1.82, 2.24) is 9.55 Å². The Kier molecular flexibility index (Phi) is 4.65. The molecule has 0 aromatic carbocycles. The van der Waals surface area contributed by atoms with Gasteiger partial charge in [0.2, 0.25) is 0 Å². The first-order valence-electron chi connectivity index (χ1n) is 6.65. The second kappa shape index (κ2) is 6.13. The van der Waals surface area contributed by atoms with E-state index in [2.05, 4.69) is 24.6 Å². The molecule has 0 N–H and O–H groups in total. The summed E-state index contributed by atoms with van der Waals surface area (Å²) in [5.74, 6) is 0. The number of ether oxygens (including phenoxy) is 1. The molecule has 8 heteroatoms. The van der Waals surface area contributed by atoms with E-state index in [1.54, 1.807) is 16.8 Å². The van der Waals surface area contributed by atoms with Crippen LogP contribution >= 0.6 is 11.6 Å². The van der Waals surface area contributed by atoms with Gasteiger partial charge in [-0.15, -0.1) is 0 Å². The minimum Gasteiger partial charge on any atom is -0.361 e. The largest absolute Gasteiger partial charge is 0.361 e. The Morgan fingerprint density at radius 2 is 2.19 bits per heavy atom. The maximum atomic E-state index is 10.8. The fourth-order valence-electron chi connectivity index (χ4n) is 1.87. The highest BCUT2D eigenvalue weighted by Crippen LogP contribution is 2.31. The molecule has 0 aliphatic rings. The molecule has 0 bridgehead atoms. The molecule has 0 saturated heterocycles. The third-order valence-corrected chi connectivity index (χ3v) is 5.23. The van der Waals surface area contributed by atoms with Crippen LogP contribution < -0.4 is 0 Å². The third kappa shape index (κ3) is 3.81. The van der Waals surface area contributed by atoms with Crippen LogP contribution in [0.2, 0.25) is 30.7 Å². The van der Waals surface area contributed by atoms with Gasteiger partial charge < -0.3 is 9.30 Å². The monoisotopic (exact) mass is 327 g/mol. The average molecular weight is 328 g/mol. The Labute approximate surface area is 128 Å². The van der Waals surface area contributed by atoms with E-state index < -0.39 is 13.0 Å². The summed E-state index contributed by atoms with van der Waals surface area (Å²) in [6.07, 6.45) is 2.96. The van der Waals surface area contributed by atoms with Crippen LogP contribution in [0.3, 0.4) is 0 Å². The van der Waals surface area contributed by atoms with Crippen molar-refractivity contribution in [2.45, 2.75) is 32.4 Å². The van der Waals surface area contributed by atoms with E-state index in [1.165, 1.54) is 6.20 Å². The Hall–Kier alpha value is -1.44. The summed E-state index contributed by atoms with van der Waals surface area (Å²) in [7, 11) is -1.11. The molecule has 2 rings (SSSR count). The Morgan fingerprint density at radius 1 is 1.48 bits per heavy atom. The lowest BCUT2D eigenvalue weighted by Crippen LogP contribution is -2.22. The van der Waals surface area contributed by atoms with Crippen molar-refractivity contribution >= 4 is 36.4 Å². The molecule has 0 spiro atoms. The highest BCUT2D eigenvalue weighted by molar-refractivity contribution is 6.76. The molecule has 0 amide bonds. The van der Waals surface area contributed by atoms with Gasteiger partial charge in [-0.1, -0.05) is 31.2 Å². The van der Waals surface area contributed by atoms with Gasteiger partial charge in [-0.2, -0.15) is 0 Å². The van der Waals surface area contributed by atoms with Gasteiger partial charge >= 0.3 is 5.69 Å². The number of aromatic nitrogens is 2. The first-order valence-corrected chi connectivity index (χ1v) is 10.7. The second-order valence-corrected chi connectivity index (χ2v) is 12.1. The lowest BCUT2D eigenvalue weighted by atomic mass is 10.3. The minimum absolute atomic E-state index is 0.117. The summed E-state index contributed by atoms with van der Waals surface area (Å²) < 4.78 is 7.46. The summed E-state index contributed by atoms with van der Waals surface area (Å²) in [6.45, 7) is 7.96. The van der Waals surface area contributed by atoms with E-state index in [1.807, 2.05) is 0 Å². The fraction of sp³-hybridized carbons (Fsp3) is 0.462. The zero-order chi connectivity index (χ0) is 15.6. The van der Waals surface area contributed by atoms with Gasteiger partial charge in [0.15, 0.2) is 0 Å². The number of fused-ring (bicyclic) bond motifs is 1. The van der Waals surface area contributed by atoms with Crippen LogP contribution in [-0.2, 0) is 11.5 Å². The fourth-order valence-corrected chi connectivity index (χ4v) is 2.89. The Bertz CT molecular complexity index is 666. The van der Waals surface area contributed by atoms with Crippen molar-refractivity contribution in [2.24, 2.45) is 0 Å². The predicted octanol–water partition coefficient (Wildman–Crippen LogP) is 3.91. The molecule has 2 aromatic rings. The van der Waals surface area contributed by atoms with Crippen molar-refractivity contribution in [3.8, 4) is 0 Å². The van der Waals surface area contributed by atoms with Crippen LogP contribution in [0.1, 0.15) is 0 Å². The molecule has 2 heterocycles. The Morgan fingerprint density at radius 3 is 2.81 bits per heavy atom. The molecule has 0 aliphatic heterocycles. The summed E-state index contributed by atoms with van der Waals surface area (Å²) in [6, 6.07) is 2.81. The van der Waals surface area contributed by atoms with Crippen LogP contribution in [-0.4, -0.2) is 29.2 Å². The number of hydrogen-bond donors (Lipinski definition) is 0. The molecule has 21 heavy (non-hydrogen) atoms. The minimum atomic E-state index is -1.11. The molecule has 0 unspecified atom stereocenters. The number of halogens is 1. The van der Waals surface area contributed by atoms with E-state index in [9.17, 15) is 10.1 Å². The predicted molar refractivity (Wildman–Crippen MR) is 85.5 cm³/mol. The summed E-state index contributed by atoms with van der Waals surface area (Å²) in [4.78, 5) is 14.4. The molecule has 0 fully saturated rings. The SMILES string of the molecule is C[Si](C)(C)CCOCn1ccc2c(Cl)c([N+](=O)[O-])cnc21. The van der Waals surface area contributed by atoms with E-state index in [-0.39, 0.29) is 10.7 Å². The summed E-state index contributed by atoms with van der Waals surface area (Å²) >= 11 is 6.04. The van der Waals surface area contributed by atoms with Gasteiger partial charge in [0, 0.05) is 26.3 Å². The smallest absolute Gasteiger partial charge is 0.306 e. The molecule has 0 radical (unpaired) electrons. The average Bonchev–Trinajstić information content (AvgIpc) is 2.77. The van der Waals surface area contributed by atoms with Crippen molar-refractivity contribution in [1.29, 1.82) is 0 Å². The zero-order valence-corrected chi connectivity index (χ0v) is 14.1. The highest BCUT2D eigenvalue weighted by atomic mass is 35.5. The lowest BCUT2D eigenvalue weighted by molar-refractivity contribution is -0.384. The van der Waals surface area contributed by atoms with Crippen molar-refractivity contribution in [3.05, 3.63) is 33.6 Å². The van der Waals surface area contributed by atoms with Gasteiger partial charge in [-0.05, 0) is 12.1 Å². The van der Waals surface area contributed by atoms with Gasteiger partial charge in [0.05, 0.1) is 4.92 Å². The quantitative estimate of drug-likeness (QED) is 0.349. The van der Waals surface area contributed by atoms with E-state index in [4.69, 9.17) is 16.3 Å². The Balaban J connectivity index is 2.12. The summed E-state index contributed by atoms with van der Waals surface area (Å²) in [5.41, 5.74) is 0.417. The zero-order valence-electron chi connectivity index (χ0n) is 12.3. The van der Waals surface area contributed by atoms with E-state index in [0.29, 0.717) is 24.4 Å². The van der Waals surface area contributed by atoms with Gasteiger partial charge in [0.25, 0.3) is 0 Å². The van der Waals surface area contributed by atoms with Crippen LogP contribution in [0.15, 0.2) is 18.5 Å². The van der Waals surface area contributed by atoms with Crippen LogP contribution in [0.5, 0.6) is 0 Å². The number of pyridine rings is 1. The van der Waals surface area contributed by atoms with Gasteiger partial charge in [0.1, 0.15) is 23.6 Å². The number of nitrogens with zero attached hydrogens (tertiary/aromatic N) is 3. The van der Waals surface area contributed by atoms with Crippen LogP contribution in [0.4, 0.5) is 5.69 Å². The standard InChI is InChI=1S/C13H18ClN3O3Si/c1-21(2,3)7-6-20-9-16-5-4-10-12(14)11(17(18)19)8-15-13(10)16/h4-5,8H,6-7,9H2,1-3H3. The molecule has 2 aromatic heterocycles. The number of rotatable bonds is 6. The maximum absolute atomic E-state index is 10.8. The number of nitro groups is 1. The van der Waals surface area contributed by atoms with Crippen LogP contribution in [0.25, 0.3) is 11.0 Å². The maximum Gasteiger partial charge on any atom is 0.306 e. The van der Waals surface area contributed by atoms with E-state index >= 15 is 0 Å². The first kappa shape index (κ1) is 15.9. The van der Waals surface area contributed by atoms with Crippen molar-refractivity contribution in [3.63, 3.8) is 0 Å². The lowest BCUT2D eigenvalue weighted by Gasteiger charge is -2.15. The van der Waals surface area contributed by atoms with Crippen molar-refractivity contribution in [2.75, 3.05) is 6.61 Å². The van der Waals surface area contributed by atoms with Gasteiger partial charge in [-0.3, -0.25) is 10.1 Å². The molecule has 0 aliphatic carbocycles. The molecule has 0 saturated carbocycles. The molecule has 0 atom stereocenters. The number of hydrogen-bond acceptors (Lipinski definition) is 4. The van der Waals surface area contributed by atoms with Gasteiger partial charge in [-0.25, -0.2) is 4.98 Å². The normalized spacial score (nSPS) is 12.0. The third-order valence-electron chi connectivity index (χ3n) is 3.13. The first-order chi connectivity index (χ1) is 9.79. The van der Waals surface area contributed by atoms with Crippen molar-refractivity contribution < 1.29 is 9.66 Å². The topological polar surface area (TPSA) is 70.2 Å². The molecular formula is C13H18ClN3O3Si. The molecular weight excluding hydrogens is 310 g/mol.